The van der Waals surface area contributed by atoms with Crippen molar-refractivity contribution < 1.29 is 9.84 Å². The molecule has 2 rings (SSSR count). The van der Waals surface area contributed by atoms with Crippen LogP contribution in [0.2, 0.25) is 5.02 Å². The van der Waals surface area contributed by atoms with E-state index in [0.29, 0.717) is 10.8 Å². The molecule has 0 heterocycles. The van der Waals surface area contributed by atoms with Crippen molar-refractivity contribution in [3.8, 4) is 5.75 Å². The molecule has 0 bridgehead atoms. The molecule has 2 nitrogen and oxygen atoms in total. The normalized spacial score (nSPS) is 12.3. The van der Waals surface area contributed by atoms with Crippen molar-refractivity contribution in [1.82, 2.24) is 0 Å². The number of aliphatic hydroxyl groups excluding tert-OH is 1. The third-order valence-corrected chi connectivity index (χ3v) is 4.27. The van der Waals surface area contributed by atoms with Crippen molar-refractivity contribution >= 4 is 43.5 Å². The second-order valence-electron chi connectivity index (χ2n) is 3.96. The Morgan fingerprint density at radius 2 is 1.89 bits per heavy atom. The summed E-state index contributed by atoms with van der Waals surface area (Å²) >= 11 is 12.8. The maximum Gasteiger partial charge on any atom is 0.137 e. The molecule has 1 unspecified atom stereocenters. The summed E-state index contributed by atoms with van der Waals surface area (Å²) in [5.41, 5.74) is 1.50. The zero-order chi connectivity index (χ0) is 14.0. The summed E-state index contributed by atoms with van der Waals surface area (Å²) in [6.45, 7) is 0. The Bertz CT molecular complexity index is 602. The van der Waals surface area contributed by atoms with Crippen LogP contribution in [-0.4, -0.2) is 12.2 Å². The van der Waals surface area contributed by atoms with Crippen molar-refractivity contribution in [1.29, 1.82) is 0 Å². The number of rotatable bonds is 3. The van der Waals surface area contributed by atoms with Gasteiger partial charge in [-0.2, -0.15) is 0 Å². The minimum Gasteiger partial charge on any atom is -0.495 e. The number of methoxy groups -OCH3 is 1. The van der Waals surface area contributed by atoms with Gasteiger partial charge in [0.15, 0.2) is 0 Å². The molecule has 1 atom stereocenters. The van der Waals surface area contributed by atoms with Gasteiger partial charge in [0.05, 0.1) is 12.1 Å². The van der Waals surface area contributed by atoms with Crippen LogP contribution in [0.3, 0.4) is 0 Å². The monoisotopic (exact) mass is 404 g/mol. The first-order valence-corrected chi connectivity index (χ1v) is 7.45. The molecule has 0 saturated heterocycles. The maximum atomic E-state index is 10.5. The molecule has 19 heavy (non-hydrogen) atoms. The molecular formula is C14H11Br2ClO2. The van der Waals surface area contributed by atoms with E-state index in [-0.39, 0.29) is 0 Å². The topological polar surface area (TPSA) is 29.5 Å². The van der Waals surface area contributed by atoms with E-state index in [1.807, 2.05) is 18.2 Å². The second kappa shape index (κ2) is 6.27. The molecule has 0 saturated carbocycles. The quantitative estimate of drug-likeness (QED) is 0.781. The molecule has 0 aliphatic carbocycles. The van der Waals surface area contributed by atoms with E-state index in [9.17, 15) is 5.11 Å². The van der Waals surface area contributed by atoms with Crippen LogP contribution in [0.4, 0.5) is 0 Å². The predicted octanol–water partition coefficient (Wildman–Crippen LogP) is 4.96. The summed E-state index contributed by atoms with van der Waals surface area (Å²) in [5, 5.41) is 11.0. The summed E-state index contributed by atoms with van der Waals surface area (Å²) < 4.78 is 6.91. The predicted molar refractivity (Wildman–Crippen MR) is 83.9 cm³/mol. The highest BCUT2D eigenvalue weighted by Gasteiger charge is 2.15. The zero-order valence-electron chi connectivity index (χ0n) is 10.0. The molecular weight excluding hydrogens is 395 g/mol. The fraction of sp³-hybridized carbons (Fsp3) is 0.143. The Kier molecular flexibility index (Phi) is 4.90. The van der Waals surface area contributed by atoms with Gasteiger partial charge < -0.3 is 9.84 Å². The molecule has 100 valence electrons. The van der Waals surface area contributed by atoms with Gasteiger partial charge in [-0.15, -0.1) is 0 Å². The number of halogens is 3. The molecule has 0 radical (unpaired) electrons. The highest BCUT2D eigenvalue weighted by Crippen LogP contribution is 2.34. The molecule has 0 aromatic heterocycles. The number of benzene rings is 2. The first-order valence-electron chi connectivity index (χ1n) is 5.49. The maximum absolute atomic E-state index is 10.5. The Morgan fingerprint density at radius 3 is 2.58 bits per heavy atom. The summed E-state index contributed by atoms with van der Waals surface area (Å²) in [6, 6.07) is 10.9. The lowest BCUT2D eigenvalue weighted by Crippen LogP contribution is -2.01. The van der Waals surface area contributed by atoms with E-state index >= 15 is 0 Å². The molecule has 2 aromatic carbocycles. The van der Waals surface area contributed by atoms with Crippen molar-refractivity contribution in [3.63, 3.8) is 0 Å². The standard InChI is InChI=1S/C14H11Br2ClO2/c1-19-13-6-8(2-5-12(13)17)14(18)10-7-9(15)3-4-11(10)16/h2-7,14,18H,1H3. The molecule has 5 heteroatoms. The molecule has 0 aliphatic heterocycles. The van der Waals surface area contributed by atoms with E-state index in [0.717, 1.165) is 20.1 Å². The van der Waals surface area contributed by atoms with Crippen LogP contribution >= 0.6 is 43.5 Å². The zero-order valence-corrected chi connectivity index (χ0v) is 14.0. The van der Waals surface area contributed by atoms with Crippen LogP contribution in [-0.2, 0) is 0 Å². The molecule has 1 N–H and O–H groups in total. The molecule has 0 aliphatic rings. The Balaban J connectivity index is 2.43. The van der Waals surface area contributed by atoms with E-state index in [1.54, 1.807) is 25.3 Å². The lowest BCUT2D eigenvalue weighted by Gasteiger charge is -2.15. The molecule has 2 aromatic rings. The fourth-order valence-electron chi connectivity index (χ4n) is 1.75. The van der Waals surface area contributed by atoms with Gasteiger partial charge in [0, 0.05) is 14.5 Å². The Labute approximate surface area is 133 Å². The second-order valence-corrected chi connectivity index (χ2v) is 6.14. The van der Waals surface area contributed by atoms with Crippen LogP contribution in [0.1, 0.15) is 17.2 Å². The smallest absolute Gasteiger partial charge is 0.137 e. The van der Waals surface area contributed by atoms with Gasteiger partial charge in [-0.1, -0.05) is 49.5 Å². The van der Waals surface area contributed by atoms with E-state index in [2.05, 4.69) is 31.9 Å². The summed E-state index contributed by atoms with van der Waals surface area (Å²) in [4.78, 5) is 0. The van der Waals surface area contributed by atoms with Gasteiger partial charge in [-0.25, -0.2) is 0 Å². The Morgan fingerprint density at radius 1 is 1.16 bits per heavy atom. The average molecular weight is 407 g/mol. The van der Waals surface area contributed by atoms with Crippen LogP contribution in [0, 0.1) is 0 Å². The van der Waals surface area contributed by atoms with Crippen molar-refractivity contribution in [2.45, 2.75) is 6.10 Å². The van der Waals surface area contributed by atoms with Gasteiger partial charge in [0.2, 0.25) is 0 Å². The molecule has 0 fully saturated rings. The third kappa shape index (κ3) is 3.31. The minimum atomic E-state index is -0.752. The highest BCUT2D eigenvalue weighted by molar-refractivity contribution is 9.11. The van der Waals surface area contributed by atoms with Gasteiger partial charge in [-0.3, -0.25) is 0 Å². The molecule has 0 spiro atoms. The van der Waals surface area contributed by atoms with Gasteiger partial charge in [0.25, 0.3) is 0 Å². The Hall–Kier alpha value is -0.550. The first-order chi connectivity index (χ1) is 9.02. The average Bonchev–Trinajstić information content (AvgIpc) is 2.41. The van der Waals surface area contributed by atoms with E-state index in [4.69, 9.17) is 16.3 Å². The van der Waals surface area contributed by atoms with E-state index in [1.165, 1.54) is 0 Å². The summed E-state index contributed by atoms with van der Waals surface area (Å²) in [5.74, 6) is 0.546. The number of aliphatic hydroxyl groups is 1. The van der Waals surface area contributed by atoms with Crippen LogP contribution in [0.25, 0.3) is 0 Å². The van der Waals surface area contributed by atoms with Crippen LogP contribution < -0.4 is 4.74 Å². The summed E-state index contributed by atoms with van der Waals surface area (Å²) in [6.07, 6.45) is -0.752. The van der Waals surface area contributed by atoms with E-state index < -0.39 is 6.10 Å². The highest BCUT2D eigenvalue weighted by atomic mass is 79.9. The number of hydrogen-bond donors (Lipinski definition) is 1. The van der Waals surface area contributed by atoms with Crippen molar-refractivity contribution in [2.24, 2.45) is 0 Å². The van der Waals surface area contributed by atoms with Crippen molar-refractivity contribution in [3.05, 3.63) is 61.5 Å². The minimum absolute atomic E-state index is 0.520. The van der Waals surface area contributed by atoms with Crippen LogP contribution in [0.5, 0.6) is 5.75 Å². The van der Waals surface area contributed by atoms with Crippen LogP contribution in [0.15, 0.2) is 45.3 Å². The lowest BCUT2D eigenvalue weighted by molar-refractivity contribution is 0.219. The van der Waals surface area contributed by atoms with Gasteiger partial charge in [-0.05, 0) is 35.9 Å². The number of ether oxygens (including phenoxy) is 1. The third-order valence-electron chi connectivity index (χ3n) is 2.74. The SMILES string of the molecule is COc1cc(C(O)c2cc(Br)ccc2Br)ccc1Cl. The number of hydrogen-bond acceptors (Lipinski definition) is 2. The lowest BCUT2D eigenvalue weighted by atomic mass is 10.0. The van der Waals surface area contributed by atoms with Gasteiger partial charge in [0.1, 0.15) is 11.9 Å². The summed E-state index contributed by atoms with van der Waals surface area (Å²) in [7, 11) is 1.55. The first kappa shape index (κ1) is 14.9. The molecule has 0 amide bonds. The van der Waals surface area contributed by atoms with Crippen molar-refractivity contribution in [2.75, 3.05) is 7.11 Å². The fourth-order valence-corrected chi connectivity index (χ4v) is 2.79. The largest absolute Gasteiger partial charge is 0.495 e. The van der Waals surface area contributed by atoms with Gasteiger partial charge >= 0.3 is 0 Å².